The van der Waals surface area contributed by atoms with E-state index in [9.17, 15) is 9.90 Å². The average Bonchev–Trinajstić information content (AvgIpc) is 3.09. The molecular weight excluding hydrogens is 230 g/mol. The minimum atomic E-state index is -1.12. The van der Waals surface area contributed by atoms with Crippen LogP contribution in [0.25, 0.3) is 0 Å². The van der Waals surface area contributed by atoms with E-state index < -0.39 is 17.5 Å². The molecule has 5 heteroatoms. The number of aromatic nitrogens is 1. The quantitative estimate of drug-likeness (QED) is 0.640. The van der Waals surface area contributed by atoms with E-state index in [1.54, 1.807) is 18.3 Å². The van der Waals surface area contributed by atoms with Crippen molar-refractivity contribution in [3.8, 4) is 0 Å². The van der Waals surface area contributed by atoms with Gasteiger partial charge >= 0.3 is 5.97 Å². The maximum absolute atomic E-state index is 11.3. The second-order valence-corrected chi connectivity index (χ2v) is 4.34. The van der Waals surface area contributed by atoms with E-state index in [2.05, 4.69) is 9.72 Å². The van der Waals surface area contributed by atoms with Crippen LogP contribution < -0.4 is 0 Å². The summed E-state index contributed by atoms with van der Waals surface area (Å²) in [5.74, 6) is -0.604. The van der Waals surface area contributed by atoms with E-state index in [4.69, 9.17) is 11.6 Å². The molecular formula is C11H12ClNO3. The topological polar surface area (TPSA) is 59.4 Å². The maximum atomic E-state index is 11.3. The third-order valence-electron chi connectivity index (χ3n) is 3.04. The van der Waals surface area contributed by atoms with E-state index in [-0.39, 0.29) is 0 Å². The minimum Gasteiger partial charge on any atom is -0.467 e. The van der Waals surface area contributed by atoms with Crippen LogP contribution in [0.2, 0.25) is 5.15 Å². The van der Waals surface area contributed by atoms with E-state index >= 15 is 0 Å². The highest BCUT2D eigenvalue weighted by molar-refractivity contribution is 6.29. The summed E-state index contributed by atoms with van der Waals surface area (Å²) in [5.41, 5.74) is 0.305. The van der Waals surface area contributed by atoms with Gasteiger partial charge in [-0.2, -0.15) is 0 Å². The zero-order chi connectivity index (χ0) is 11.8. The van der Waals surface area contributed by atoms with Gasteiger partial charge in [-0.05, 0) is 24.5 Å². The molecule has 1 fully saturated rings. The molecule has 1 aliphatic carbocycles. The smallest absolute Gasteiger partial charge is 0.335 e. The number of nitrogens with zero attached hydrogens (tertiary/aromatic N) is 1. The van der Waals surface area contributed by atoms with Gasteiger partial charge < -0.3 is 9.84 Å². The number of rotatable bonds is 3. The lowest BCUT2D eigenvalue weighted by Gasteiger charge is -2.20. The van der Waals surface area contributed by atoms with Gasteiger partial charge in [0.2, 0.25) is 0 Å². The second kappa shape index (κ2) is 4.03. The molecule has 0 spiro atoms. The first-order valence-corrected chi connectivity index (χ1v) is 5.36. The zero-order valence-corrected chi connectivity index (χ0v) is 9.57. The van der Waals surface area contributed by atoms with E-state index in [0.717, 1.165) is 18.4 Å². The van der Waals surface area contributed by atoms with Crippen molar-refractivity contribution < 1.29 is 14.6 Å². The van der Waals surface area contributed by atoms with Gasteiger partial charge in [-0.3, -0.25) is 0 Å². The van der Waals surface area contributed by atoms with Crippen LogP contribution in [0.15, 0.2) is 18.3 Å². The average molecular weight is 242 g/mol. The van der Waals surface area contributed by atoms with Crippen molar-refractivity contribution in [1.29, 1.82) is 0 Å². The fourth-order valence-electron chi connectivity index (χ4n) is 1.86. The number of hydrogen-bond donors (Lipinski definition) is 1. The molecule has 1 N–H and O–H groups in total. The summed E-state index contributed by atoms with van der Waals surface area (Å²) in [4.78, 5) is 15.3. The highest BCUT2D eigenvalue weighted by Gasteiger charge is 2.54. The molecule has 16 heavy (non-hydrogen) atoms. The number of aliphatic hydroxyl groups excluding tert-OH is 1. The molecule has 0 radical (unpaired) electrons. The molecule has 1 heterocycles. The normalized spacial score (nSPS) is 18.9. The number of pyridine rings is 1. The summed E-state index contributed by atoms with van der Waals surface area (Å²) in [6, 6.07) is 3.44. The molecule has 0 aromatic carbocycles. The Morgan fingerprint density at radius 2 is 2.31 bits per heavy atom. The van der Waals surface area contributed by atoms with Gasteiger partial charge in [0.15, 0.2) is 6.10 Å². The van der Waals surface area contributed by atoms with Crippen LogP contribution in [-0.4, -0.2) is 29.3 Å². The van der Waals surface area contributed by atoms with Crippen molar-refractivity contribution in [2.75, 3.05) is 7.11 Å². The lowest BCUT2D eigenvalue weighted by molar-refractivity contribution is -0.152. The second-order valence-electron chi connectivity index (χ2n) is 3.95. The molecule has 0 saturated heterocycles. The molecule has 0 aliphatic heterocycles. The van der Waals surface area contributed by atoms with Crippen LogP contribution in [0.3, 0.4) is 0 Å². The summed E-state index contributed by atoms with van der Waals surface area (Å²) in [5, 5.41) is 10.3. The Balaban J connectivity index is 2.26. The van der Waals surface area contributed by atoms with Gasteiger partial charge in [-0.15, -0.1) is 0 Å². The van der Waals surface area contributed by atoms with Crippen LogP contribution in [0.4, 0.5) is 0 Å². The predicted molar refractivity (Wildman–Crippen MR) is 58.2 cm³/mol. The molecule has 0 amide bonds. The summed E-state index contributed by atoms with van der Waals surface area (Å²) < 4.78 is 4.55. The van der Waals surface area contributed by atoms with E-state index in [1.165, 1.54) is 7.11 Å². The van der Waals surface area contributed by atoms with Crippen molar-refractivity contribution >= 4 is 17.6 Å². The Kier molecular flexibility index (Phi) is 2.86. The number of carbonyl (C=O) groups excluding carboxylic acids is 1. The lowest BCUT2D eigenvalue weighted by atomic mass is 9.91. The van der Waals surface area contributed by atoms with Gasteiger partial charge in [0.25, 0.3) is 0 Å². The predicted octanol–water partition coefficient (Wildman–Crippen LogP) is 1.30. The van der Waals surface area contributed by atoms with Crippen molar-refractivity contribution in [3.63, 3.8) is 0 Å². The Labute approximate surface area is 98.2 Å². The van der Waals surface area contributed by atoms with Crippen molar-refractivity contribution in [2.45, 2.75) is 24.4 Å². The number of hydrogen-bond acceptors (Lipinski definition) is 4. The summed E-state index contributed by atoms with van der Waals surface area (Å²) >= 11 is 5.69. The summed E-state index contributed by atoms with van der Waals surface area (Å²) in [7, 11) is 1.27. The van der Waals surface area contributed by atoms with E-state index in [1.807, 2.05) is 0 Å². The number of aliphatic hydroxyl groups is 1. The molecule has 0 bridgehead atoms. The SMILES string of the molecule is COC(=O)C(O)C1(c2ccc(Cl)nc2)CC1. The standard InChI is InChI=1S/C11H12ClNO3/c1-16-10(15)9(14)11(4-5-11)7-2-3-8(12)13-6-7/h2-3,6,9,14H,4-5H2,1H3. The minimum absolute atomic E-state index is 0.395. The molecule has 1 saturated carbocycles. The highest BCUT2D eigenvalue weighted by atomic mass is 35.5. The molecule has 1 aliphatic rings. The van der Waals surface area contributed by atoms with Gasteiger partial charge in [-0.25, -0.2) is 9.78 Å². The molecule has 2 rings (SSSR count). The Hall–Kier alpha value is -1.13. The van der Waals surface area contributed by atoms with Crippen LogP contribution in [-0.2, 0) is 14.9 Å². The third-order valence-corrected chi connectivity index (χ3v) is 3.26. The molecule has 1 aromatic heterocycles. The van der Waals surface area contributed by atoms with Crippen LogP contribution in [0.5, 0.6) is 0 Å². The third kappa shape index (κ3) is 1.79. The number of methoxy groups -OCH3 is 1. The van der Waals surface area contributed by atoms with Crippen LogP contribution in [0.1, 0.15) is 18.4 Å². The first-order valence-electron chi connectivity index (χ1n) is 4.98. The fourth-order valence-corrected chi connectivity index (χ4v) is 1.97. The van der Waals surface area contributed by atoms with Gasteiger partial charge in [-0.1, -0.05) is 17.7 Å². The number of ether oxygens (including phenoxy) is 1. The van der Waals surface area contributed by atoms with Crippen LogP contribution >= 0.6 is 11.6 Å². The summed E-state index contributed by atoms with van der Waals surface area (Å²) in [6.45, 7) is 0. The first kappa shape index (κ1) is 11.4. The molecule has 1 atom stereocenters. The molecule has 1 aromatic rings. The monoisotopic (exact) mass is 241 g/mol. The molecule has 4 nitrogen and oxygen atoms in total. The lowest BCUT2D eigenvalue weighted by Crippen LogP contribution is -2.35. The Morgan fingerprint density at radius 1 is 1.62 bits per heavy atom. The van der Waals surface area contributed by atoms with E-state index in [0.29, 0.717) is 5.15 Å². The molecule has 86 valence electrons. The molecule has 1 unspecified atom stereocenters. The van der Waals surface area contributed by atoms with Crippen molar-refractivity contribution in [2.24, 2.45) is 0 Å². The van der Waals surface area contributed by atoms with Crippen molar-refractivity contribution in [1.82, 2.24) is 4.98 Å². The number of esters is 1. The van der Waals surface area contributed by atoms with Gasteiger partial charge in [0, 0.05) is 11.6 Å². The summed E-state index contributed by atoms with van der Waals surface area (Å²) in [6.07, 6.45) is 1.99. The highest BCUT2D eigenvalue weighted by Crippen LogP contribution is 2.51. The Morgan fingerprint density at radius 3 is 2.75 bits per heavy atom. The zero-order valence-electron chi connectivity index (χ0n) is 8.81. The fraction of sp³-hybridized carbons (Fsp3) is 0.455. The van der Waals surface area contributed by atoms with Gasteiger partial charge in [0.1, 0.15) is 5.15 Å². The largest absolute Gasteiger partial charge is 0.467 e. The number of halogens is 1. The Bertz CT molecular complexity index is 400. The van der Waals surface area contributed by atoms with Crippen molar-refractivity contribution in [3.05, 3.63) is 29.0 Å². The first-order chi connectivity index (χ1) is 7.60. The van der Waals surface area contributed by atoms with Crippen LogP contribution in [0, 0.1) is 0 Å². The van der Waals surface area contributed by atoms with Gasteiger partial charge in [0.05, 0.1) is 7.11 Å². The number of carbonyl (C=O) groups is 1. The maximum Gasteiger partial charge on any atom is 0.335 e.